The number of nitrogens with zero attached hydrogens (tertiary/aromatic N) is 3. The van der Waals surface area contributed by atoms with Crippen LogP contribution in [0.3, 0.4) is 0 Å². The van der Waals surface area contributed by atoms with Crippen LogP contribution in [0.15, 0.2) is 6.07 Å². The number of nitrogens with one attached hydrogen (secondary N) is 1. The summed E-state index contributed by atoms with van der Waals surface area (Å²) >= 11 is 6.00. The zero-order chi connectivity index (χ0) is 13.5. The lowest BCUT2D eigenvalue weighted by Gasteiger charge is -2.11. The molecule has 0 aromatic carbocycles. The van der Waals surface area contributed by atoms with Crippen molar-refractivity contribution in [3.8, 4) is 0 Å². The number of hydrogen-bond acceptors (Lipinski definition) is 4. The van der Waals surface area contributed by atoms with E-state index < -0.39 is 0 Å². The van der Waals surface area contributed by atoms with E-state index in [2.05, 4.69) is 48.1 Å². The number of rotatable bonds is 7. The molecule has 0 saturated heterocycles. The van der Waals surface area contributed by atoms with Crippen LogP contribution in [0.2, 0.25) is 5.15 Å². The third-order valence-corrected chi connectivity index (χ3v) is 2.61. The summed E-state index contributed by atoms with van der Waals surface area (Å²) in [6, 6.07) is 1.78. The Morgan fingerprint density at radius 2 is 2.06 bits per heavy atom. The molecule has 0 amide bonds. The van der Waals surface area contributed by atoms with Gasteiger partial charge in [0.2, 0.25) is 0 Å². The molecule has 0 fully saturated rings. The molecule has 0 aliphatic rings. The van der Waals surface area contributed by atoms with Crippen LogP contribution < -0.4 is 5.32 Å². The fraction of sp³-hybridized carbons (Fsp3) is 0.692. The fourth-order valence-corrected chi connectivity index (χ4v) is 1.82. The van der Waals surface area contributed by atoms with Gasteiger partial charge in [0.25, 0.3) is 0 Å². The summed E-state index contributed by atoms with van der Waals surface area (Å²) in [4.78, 5) is 10.9. The third kappa shape index (κ3) is 6.17. The molecular formula is C13H23ClN4. The highest BCUT2D eigenvalue weighted by Crippen LogP contribution is 2.13. The standard InChI is InChI=1S/C13H23ClN4/c1-10(2)8-13-16-11(14)9-12(17-13)15-6-5-7-18(3)4/h9-10H,5-8H2,1-4H3,(H,15,16,17). The van der Waals surface area contributed by atoms with Crippen LogP contribution in [0.4, 0.5) is 5.82 Å². The van der Waals surface area contributed by atoms with Crippen LogP contribution >= 0.6 is 11.6 Å². The monoisotopic (exact) mass is 270 g/mol. The van der Waals surface area contributed by atoms with Gasteiger partial charge in [-0.05, 0) is 33.0 Å². The largest absolute Gasteiger partial charge is 0.370 e. The summed E-state index contributed by atoms with van der Waals surface area (Å²) in [5.74, 6) is 2.17. The first-order valence-corrected chi connectivity index (χ1v) is 6.77. The second kappa shape index (κ2) is 7.54. The number of aromatic nitrogens is 2. The van der Waals surface area contributed by atoms with Gasteiger partial charge in [0.05, 0.1) is 0 Å². The van der Waals surface area contributed by atoms with Crippen molar-refractivity contribution in [3.63, 3.8) is 0 Å². The molecule has 0 unspecified atom stereocenters. The number of anilines is 1. The Balaban J connectivity index is 2.51. The van der Waals surface area contributed by atoms with Gasteiger partial charge in [-0.3, -0.25) is 0 Å². The van der Waals surface area contributed by atoms with Gasteiger partial charge in [0, 0.05) is 19.0 Å². The minimum atomic E-state index is 0.510. The van der Waals surface area contributed by atoms with Gasteiger partial charge in [-0.1, -0.05) is 25.4 Å². The summed E-state index contributed by atoms with van der Waals surface area (Å²) in [6.07, 6.45) is 1.93. The molecule has 1 N–H and O–H groups in total. The van der Waals surface area contributed by atoms with Gasteiger partial charge in [-0.2, -0.15) is 0 Å². The predicted molar refractivity (Wildman–Crippen MR) is 77.2 cm³/mol. The molecule has 0 aliphatic carbocycles. The van der Waals surface area contributed by atoms with Crippen LogP contribution in [0.5, 0.6) is 0 Å². The number of hydrogen-bond donors (Lipinski definition) is 1. The van der Waals surface area contributed by atoms with Crippen LogP contribution in [-0.4, -0.2) is 42.1 Å². The van der Waals surface area contributed by atoms with Crippen LogP contribution in [0.25, 0.3) is 0 Å². The Hall–Kier alpha value is -0.870. The van der Waals surface area contributed by atoms with E-state index in [-0.39, 0.29) is 0 Å². The molecule has 0 aliphatic heterocycles. The molecule has 1 heterocycles. The van der Waals surface area contributed by atoms with E-state index in [4.69, 9.17) is 11.6 Å². The van der Waals surface area contributed by atoms with Crippen molar-refractivity contribution in [3.05, 3.63) is 17.0 Å². The van der Waals surface area contributed by atoms with Crippen molar-refractivity contribution in [2.75, 3.05) is 32.5 Å². The summed E-state index contributed by atoms with van der Waals surface area (Å²) in [7, 11) is 4.14. The maximum absolute atomic E-state index is 6.00. The molecule has 0 bridgehead atoms. The normalized spacial score (nSPS) is 11.3. The maximum Gasteiger partial charge on any atom is 0.134 e. The van der Waals surface area contributed by atoms with Crippen molar-refractivity contribution in [1.29, 1.82) is 0 Å². The first-order valence-electron chi connectivity index (χ1n) is 6.39. The van der Waals surface area contributed by atoms with Crippen molar-refractivity contribution in [2.24, 2.45) is 5.92 Å². The molecule has 5 heteroatoms. The minimum absolute atomic E-state index is 0.510. The summed E-state index contributed by atoms with van der Waals surface area (Å²) in [5, 5.41) is 3.80. The molecule has 102 valence electrons. The Kier molecular flexibility index (Phi) is 6.36. The zero-order valence-electron chi connectivity index (χ0n) is 11.7. The van der Waals surface area contributed by atoms with E-state index in [1.807, 2.05) is 0 Å². The smallest absolute Gasteiger partial charge is 0.134 e. The van der Waals surface area contributed by atoms with E-state index >= 15 is 0 Å². The van der Waals surface area contributed by atoms with E-state index in [0.717, 1.165) is 37.6 Å². The summed E-state index contributed by atoms with van der Waals surface area (Å²) in [6.45, 7) is 6.25. The SMILES string of the molecule is CC(C)Cc1nc(Cl)cc(NCCCN(C)C)n1. The molecule has 4 nitrogen and oxygen atoms in total. The van der Waals surface area contributed by atoms with Gasteiger partial charge in [0.1, 0.15) is 16.8 Å². The predicted octanol–water partition coefficient (Wildman–Crippen LogP) is 2.69. The molecule has 0 atom stereocenters. The Morgan fingerprint density at radius 1 is 1.33 bits per heavy atom. The second-order valence-electron chi connectivity index (χ2n) is 5.17. The molecule has 1 rings (SSSR count). The molecule has 1 aromatic heterocycles. The molecule has 1 aromatic rings. The third-order valence-electron chi connectivity index (χ3n) is 2.42. The fourth-order valence-electron chi connectivity index (χ4n) is 1.62. The molecule has 0 spiro atoms. The van der Waals surface area contributed by atoms with Gasteiger partial charge in [0.15, 0.2) is 0 Å². The Bertz CT molecular complexity index is 366. The number of halogens is 1. The van der Waals surface area contributed by atoms with Gasteiger partial charge >= 0.3 is 0 Å². The van der Waals surface area contributed by atoms with Gasteiger partial charge in [-0.15, -0.1) is 0 Å². The minimum Gasteiger partial charge on any atom is -0.370 e. The first-order chi connectivity index (χ1) is 8.47. The van der Waals surface area contributed by atoms with E-state index in [1.54, 1.807) is 6.07 Å². The average Bonchev–Trinajstić information content (AvgIpc) is 2.22. The average molecular weight is 271 g/mol. The maximum atomic E-state index is 6.00. The highest BCUT2D eigenvalue weighted by Gasteiger charge is 2.05. The van der Waals surface area contributed by atoms with Crippen molar-refractivity contribution >= 4 is 17.4 Å². The molecule has 0 saturated carbocycles. The lowest BCUT2D eigenvalue weighted by Crippen LogP contribution is -2.17. The van der Waals surface area contributed by atoms with Crippen molar-refractivity contribution in [2.45, 2.75) is 26.7 Å². The highest BCUT2D eigenvalue weighted by molar-refractivity contribution is 6.29. The molecular weight excluding hydrogens is 248 g/mol. The molecule has 0 radical (unpaired) electrons. The second-order valence-corrected chi connectivity index (χ2v) is 5.56. The Morgan fingerprint density at radius 3 is 2.67 bits per heavy atom. The lowest BCUT2D eigenvalue weighted by molar-refractivity contribution is 0.405. The summed E-state index contributed by atoms with van der Waals surface area (Å²) in [5.41, 5.74) is 0. The van der Waals surface area contributed by atoms with Crippen molar-refractivity contribution < 1.29 is 0 Å². The first kappa shape index (κ1) is 15.2. The lowest BCUT2D eigenvalue weighted by atomic mass is 10.1. The van der Waals surface area contributed by atoms with E-state index in [9.17, 15) is 0 Å². The van der Waals surface area contributed by atoms with Crippen LogP contribution in [0.1, 0.15) is 26.1 Å². The van der Waals surface area contributed by atoms with Crippen molar-refractivity contribution in [1.82, 2.24) is 14.9 Å². The highest BCUT2D eigenvalue weighted by atomic mass is 35.5. The van der Waals surface area contributed by atoms with E-state index in [1.165, 1.54) is 0 Å². The van der Waals surface area contributed by atoms with Gasteiger partial charge < -0.3 is 10.2 Å². The van der Waals surface area contributed by atoms with Crippen LogP contribution in [-0.2, 0) is 6.42 Å². The summed E-state index contributed by atoms with van der Waals surface area (Å²) < 4.78 is 0. The molecule has 18 heavy (non-hydrogen) atoms. The topological polar surface area (TPSA) is 41.1 Å². The van der Waals surface area contributed by atoms with Crippen LogP contribution in [0, 0.1) is 5.92 Å². The van der Waals surface area contributed by atoms with Gasteiger partial charge in [-0.25, -0.2) is 9.97 Å². The zero-order valence-corrected chi connectivity index (χ0v) is 12.5. The van der Waals surface area contributed by atoms with E-state index in [0.29, 0.717) is 11.1 Å². The quantitative estimate of drug-likeness (QED) is 0.611. The Labute approximate surface area is 115 Å².